The summed E-state index contributed by atoms with van der Waals surface area (Å²) in [6.45, 7) is 0.478. The molecule has 9 heteroatoms. The van der Waals surface area contributed by atoms with Gasteiger partial charge in [-0.1, -0.05) is 12.1 Å². The maximum atomic E-state index is 13.5. The maximum absolute atomic E-state index is 13.5. The van der Waals surface area contributed by atoms with Gasteiger partial charge in [0.1, 0.15) is 5.75 Å². The largest absolute Gasteiger partial charge is 0.573 e. The van der Waals surface area contributed by atoms with Crippen LogP contribution in [0.3, 0.4) is 0 Å². The Labute approximate surface area is 186 Å². The summed E-state index contributed by atoms with van der Waals surface area (Å²) >= 11 is 1.61. The summed E-state index contributed by atoms with van der Waals surface area (Å²) in [6.07, 6.45) is -4.06. The predicted octanol–water partition coefficient (Wildman–Crippen LogP) is 5.45. The Balaban J connectivity index is 1.69. The third-order valence-electron chi connectivity index (χ3n) is 5.29. The number of hydrogen-bond donors (Lipinski definition) is 0. The van der Waals surface area contributed by atoms with E-state index in [0.717, 1.165) is 10.4 Å². The van der Waals surface area contributed by atoms with Gasteiger partial charge >= 0.3 is 6.36 Å². The molecule has 3 aromatic rings. The highest BCUT2D eigenvalue weighted by molar-refractivity contribution is 7.10. The lowest BCUT2D eigenvalue weighted by Gasteiger charge is -2.36. The molecule has 4 rings (SSSR count). The van der Waals surface area contributed by atoms with E-state index in [1.807, 2.05) is 11.4 Å². The standard InChI is InChI=1S/C23H20F3NO4S/c1-29-18-8-5-15(13-19(18)30-2)22(28)27-11-9-20-17(10-12-32-20)21(27)14-3-6-16(7-4-14)31-23(24,25)26/h3-8,10,12-13,21H,9,11H2,1-2H3. The van der Waals surface area contributed by atoms with Crippen LogP contribution in [0, 0.1) is 0 Å². The number of carbonyl (C=O) groups excluding carboxylic acids is 1. The van der Waals surface area contributed by atoms with Crippen LogP contribution in [0.1, 0.15) is 32.4 Å². The lowest BCUT2D eigenvalue weighted by Crippen LogP contribution is -2.40. The number of carbonyl (C=O) groups is 1. The summed E-state index contributed by atoms with van der Waals surface area (Å²) in [7, 11) is 3.02. The third kappa shape index (κ3) is 4.38. The van der Waals surface area contributed by atoms with Crippen LogP contribution in [0.15, 0.2) is 53.9 Å². The molecule has 168 valence electrons. The van der Waals surface area contributed by atoms with Gasteiger partial charge in [-0.25, -0.2) is 0 Å². The molecule has 0 aliphatic carbocycles. The quantitative estimate of drug-likeness (QED) is 0.505. The average Bonchev–Trinajstić information content (AvgIpc) is 3.26. The molecule has 0 N–H and O–H groups in total. The maximum Gasteiger partial charge on any atom is 0.573 e. The number of hydrogen-bond acceptors (Lipinski definition) is 5. The number of benzene rings is 2. The van der Waals surface area contributed by atoms with E-state index in [-0.39, 0.29) is 11.7 Å². The van der Waals surface area contributed by atoms with Gasteiger partial charge in [0.15, 0.2) is 11.5 Å². The molecule has 2 aromatic carbocycles. The molecule has 1 amide bonds. The average molecular weight is 463 g/mol. The third-order valence-corrected chi connectivity index (χ3v) is 6.28. The molecule has 0 saturated carbocycles. The molecule has 1 aromatic heterocycles. The van der Waals surface area contributed by atoms with E-state index in [9.17, 15) is 18.0 Å². The fraction of sp³-hybridized carbons (Fsp3) is 0.261. The number of ether oxygens (including phenoxy) is 3. The summed E-state index contributed by atoms with van der Waals surface area (Å²) in [4.78, 5) is 16.4. The molecule has 32 heavy (non-hydrogen) atoms. The monoisotopic (exact) mass is 463 g/mol. The van der Waals surface area contributed by atoms with Crippen LogP contribution in [0.2, 0.25) is 0 Å². The Kier molecular flexibility index (Phi) is 6.01. The summed E-state index contributed by atoms with van der Waals surface area (Å²) in [5, 5.41) is 1.96. The molecule has 1 aliphatic heterocycles. The number of amides is 1. The zero-order valence-electron chi connectivity index (χ0n) is 17.3. The normalized spacial score (nSPS) is 15.8. The summed E-state index contributed by atoms with van der Waals surface area (Å²) in [6, 6.07) is 12.2. The lowest BCUT2D eigenvalue weighted by molar-refractivity contribution is -0.274. The molecule has 2 heterocycles. The van der Waals surface area contributed by atoms with E-state index in [1.54, 1.807) is 46.6 Å². The van der Waals surface area contributed by atoms with Gasteiger partial charge in [-0.15, -0.1) is 24.5 Å². The van der Waals surface area contributed by atoms with Crippen molar-refractivity contribution in [2.75, 3.05) is 20.8 Å². The van der Waals surface area contributed by atoms with Crippen molar-refractivity contribution < 1.29 is 32.2 Å². The van der Waals surface area contributed by atoms with Crippen LogP contribution in [0.25, 0.3) is 0 Å². The highest BCUT2D eigenvalue weighted by Crippen LogP contribution is 2.40. The first-order chi connectivity index (χ1) is 15.3. The zero-order chi connectivity index (χ0) is 22.9. The number of methoxy groups -OCH3 is 2. The predicted molar refractivity (Wildman–Crippen MR) is 114 cm³/mol. The Morgan fingerprint density at radius 2 is 1.75 bits per heavy atom. The van der Waals surface area contributed by atoms with Crippen LogP contribution in [0.4, 0.5) is 13.2 Å². The first-order valence-electron chi connectivity index (χ1n) is 9.75. The van der Waals surface area contributed by atoms with Gasteiger partial charge in [0.2, 0.25) is 0 Å². The van der Waals surface area contributed by atoms with Crippen molar-refractivity contribution >= 4 is 17.2 Å². The van der Waals surface area contributed by atoms with E-state index in [4.69, 9.17) is 9.47 Å². The molecule has 1 unspecified atom stereocenters. The highest BCUT2D eigenvalue weighted by Gasteiger charge is 2.34. The van der Waals surface area contributed by atoms with Gasteiger partial charge < -0.3 is 19.1 Å². The van der Waals surface area contributed by atoms with Crippen molar-refractivity contribution in [3.63, 3.8) is 0 Å². The minimum atomic E-state index is -4.76. The summed E-state index contributed by atoms with van der Waals surface area (Å²) < 4.78 is 52.1. The van der Waals surface area contributed by atoms with Gasteiger partial charge in [-0.2, -0.15) is 0 Å². The smallest absolute Gasteiger partial charge is 0.493 e. The molecule has 0 spiro atoms. The molecule has 0 saturated heterocycles. The second-order valence-electron chi connectivity index (χ2n) is 7.14. The second-order valence-corrected chi connectivity index (χ2v) is 8.14. The highest BCUT2D eigenvalue weighted by atomic mass is 32.1. The molecule has 5 nitrogen and oxygen atoms in total. The zero-order valence-corrected chi connectivity index (χ0v) is 18.1. The number of fused-ring (bicyclic) bond motifs is 1. The van der Waals surface area contributed by atoms with Gasteiger partial charge in [0.05, 0.1) is 20.3 Å². The Morgan fingerprint density at radius 1 is 1.03 bits per heavy atom. The number of alkyl halides is 3. The van der Waals surface area contributed by atoms with E-state index < -0.39 is 12.4 Å². The fourth-order valence-corrected chi connectivity index (χ4v) is 4.79. The molecule has 0 bridgehead atoms. The molecule has 0 fully saturated rings. The summed E-state index contributed by atoms with van der Waals surface area (Å²) in [5.41, 5.74) is 2.11. The topological polar surface area (TPSA) is 48.0 Å². The Hall–Kier alpha value is -3.20. The molecule has 0 radical (unpaired) electrons. The fourth-order valence-electron chi connectivity index (χ4n) is 3.88. The van der Waals surface area contributed by atoms with Crippen molar-refractivity contribution in [1.82, 2.24) is 4.90 Å². The number of thiophene rings is 1. The minimum absolute atomic E-state index is 0.205. The first kappa shape index (κ1) is 22.0. The van der Waals surface area contributed by atoms with Crippen LogP contribution in [-0.4, -0.2) is 37.9 Å². The van der Waals surface area contributed by atoms with E-state index >= 15 is 0 Å². The Morgan fingerprint density at radius 3 is 2.41 bits per heavy atom. The van der Waals surface area contributed by atoms with Gasteiger partial charge in [0.25, 0.3) is 5.91 Å². The minimum Gasteiger partial charge on any atom is -0.493 e. The van der Waals surface area contributed by atoms with Crippen LogP contribution >= 0.6 is 11.3 Å². The lowest BCUT2D eigenvalue weighted by atomic mass is 9.92. The van der Waals surface area contributed by atoms with Crippen molar-refractivity contribution in [3.05, 3.63) is 75.5 Å². The van der Waals surface area contributed by atoms with Crippen LogP contribution in [-0.2, 0) is 6.42 Å². The van der Waals surface area contributed by atoms with E-state index in [2.05, 4.69) is 4.74 Å². The van der Waals surface area contributed by atoms with Crippen LogP contribution < -0.4 is 14.2 Å². The van der Waals surface area contributed by atoms with Crippen LogP contribution in [0.5, 0.6) is 17.2 Å². The molecule has 1 aliphatic rings. The van der Waals surface area contributed by atoms with Gasteiger partial charge in [-0.05, 0) is 59.3 Å². The number of nitrogens with zero attached hydrogens (tertiary/aromatic N) is 1. The van der Waals surface area contributed by atoms with Crippen molar-refractivity contribution in [1.29, 1.82) is 0 Å². The summed E-state index contributed by atoms with van der Waals surface area (Å²) in [5.74, 6) is 0.445. The Bertz CT molecular complexity index is 1110. The van der Waals surface area contributed by atoms with Crippen molar-refractivity contribution in [3.8, 4) is 17.2 Å². The SMILES string of the molecule is COc1ccc(C(=O)N2CCc3sccc3C2c2ccc(OC(F)(F)F)cc2)cc1OC. The number of halogens is 3. The van der Waals surface area contributed by atoms with E-state index in [0.29, 0.717) is 35.6 Å². The van der Waals surface area contributed by atoms with Gasteiger partial charge in [-0.3, -0.25) is 4.79 Å². The number of rotatable bonds is 5. The van der Waals surface area contributed by atoms with Gasteiger partial charge in [0, 0.05) is 17.0 Å². The van der Waals surface area contributed by atoms with E-state index in [1.165, 1.54) is 26.4 Å². The van der Waals surface area contributed by atoms with Crippen molar-refractivity contribution in [2.45, 2.75) is 18.8 Å². The first-order valence-corrected chi connectivity index (χ1v) is 10.6. The van der Waals surface area contributed by atoms with Crippen molar-refractivity contribution in [2.24, 2.45) is 0 Å². The second kappa shape index (κ2) is 8.74. The molecular formula is C23H20F3NO4S. The molecular weight excluding hydrogens is 443 g/mol. The molecule has 1 atom stereocenters.